The fraction of sp³-hybridized carbons (Fsp3) is 0.333. The van der Waals surface area contributed by atoms with Crippen molar-refractivity contribution in [3.63, 3.8) is 0 Å². The van der Waals surface area contributed by atoms with E-state index >= 15 is 0 Å². The maximum Gasteiger partial charge on any atom is 0.150 e. The van der Waals surface area contributed by atoms with Crippen LogP contribution in [0.15, 0.2) is 42.5 Å². The summed E-state index contributed by atoms with van der Waals surface area (Å²) in [5, 5.41) is 0.722. The van der Waals surface area contributed by atoms with Crippen LogP contribution in [0, 0.1) is 5.92 Å². The molecule has 0 aromatic heterocycles. The largest absolute Gasteiger partial charge is 0.455 e. The number of rotatable bonds is 0. The standard InChI is InChI=1S/C18H19ClN2O/c1-11-8-9-21-14-10-12(19)6-7-16(14)22-15-5-3-2-4-13(15)18(21)17(11)20/h2-7,10-11,17-18H,8-9,20H2,1H3/t11-,17?,18-/m0/s1. The zero-order chi connectivity index (χ0) is 15.3. The minimum absolute atomic E-state index is 0.0726. The molecule has 0 aliphatic carbocycles. The van der Waals surface area contributed by atoms with E-state index in [2.05, 4.69) is 24.0 Å². The molecular weight excluding hydrogens is 296 g/mol. The molecule has 4 rings (SSSR count). The summed E-state index contributed by atoms with van der Waals surface area (Å²) in [6, 6.07) is 14.2. The highest BCUT2D eigenvalue weighted by Crippen LogP contribution is 2.48. The van der Waals surface area contributed by atoms with Crippen LogP contribution in [-0.4, -0.2) is 12.6 Å². The Balaban J connectivity index is 1.94. The first-order valence-corrected chi connectivity index (χ1v) is 8.11. The van der Waals surface area contributed by atoms with E-state index in [0.717, 1.165) is 40.7 Å². The molecule has 1 fully saturated rings. The first kappa shape index (κ1) is 13.9. The summed E-state index contributed by atoms with van der Waals surface area (Å²) in [7, 11) is 0. The van der Waals surface area contributed by atoms with Crippen molar-refractivity contribution < 1.29 is 4.74 Å². The van der Waals surface area contributed by atoms with Crippen LogP contribution in [0.3, 0.4) is 0 Å². The number of para-hydroxylation sites is 1. The number of fused-ring (bicyclic) bond motifs is 5. The van der Waals surface area contributed by atoms with Crippen LogP contribution in [0.5, 0.6) is 11.5 Å². The normalized spacial score (nSPS) is 26.3. The predicted molar refractivity (Wildman–Crippen MR) is 89.8 cm³/mol. The van der Waals surface area contributed by atoms with Gasteiger partial charge in [0, 0.05) is 23.2 Å². The van der Waals surface area contributed by atoms with Crippen molar-refractivity contribution in [3.8, 4) is 11.5 Å². The Morgan fingerprint density at radius 2 is 2.00 bits per heavy atom. The molecule has 2 aliphatic rings. The molecule has 2 N–H and O–H groups in total. The highest BCUT2D eigenvalue weighted by molar-refractivity contribution is 6.31. The van der Waals surface area contributed by atoms with Crippen molar-refractivity contribution in [1.82, 2.24) is 0 Å². The third-order valence-corrected chi connectivity index (χ3v) is 5.11. The topological polar surface area (TPSA) is 38.5 Å². The van der Waals surface area contributed by atoms with Crippen molar-refractivity contribution in [2.45, 2.75) is 25.4 Å². The minimum atomic E-state index is 0.0726. The van der Waals surface area contributed by atoms with Gasteiger partial charge in [-0.05, 0) is 36.6 Å². The summed E-state index contributed by atoms with van der Waals surface area (Å²) >= 11 is 6.22. The number of nitrogens with zero attached hydrogens (tertiary/aromatic N) is 1. The lowest BCUT2D eigenvalue weighted by Crippen LogP contribution is -2.50. The summed E-state index contributed by atoms with van der Waals surface area (Å²) < 4.78 is 6.18. The number of halogens is 1. The second-order valence-corrected chi connectivity index (χ2v) is 6.67. The number of benzene rings is 2. The molecule has 0 amide bonds. The van der Waals surface area contributed by atoms with E-state index in [1.807, 2.05) is 30.3 Å². The Labute approximate surface area is 135 Å². The molecule has 0 bridgehead atoms. The Morgan fingerprint density at radius 3 is 2.86 bits per heavy atom. The average Bonchev–Trinajstić information content (AvgIpc) is 2.65. The average molecular weight is 315 g/mol. The van der Waals surface area contributed by atoms with Crippen LogP contribution in [-0.2, 0) is 0 Å². The van der Waals surface area contributed by atoms with Gasteiger partial charge in [-0.15, -0.1) is 0 Å². The molecule has 2 aliphatic heterocycles. The molecule has 2 aromatic carbocycles. The number of nitrogens with two attached hydrogens (primary N) is 1. The van der Waals surface area contributed by atoms with E-state index in [0.29, 0.717) is 5.92 Å². The lowest BCUT2D eigenvalue weighted by Gasteiger charge is -2.43. The van der Waals surface area contributed by atoms with E-state index in [4.69, 9.17) is 22.1 Å². The third-order valence-electron chi connectivity index (χ3n) is 4.87. The number of hydrogen-bond acceptors (Lipinski definition) is 3. The molecule has 3 nitrogen and oxygen atoms in total. The van der Waals surface area contributed by atoms with Gasteiger partial charge in [0.1, 0.15) is 5.75 Å². The van der Waals surface area contributed by atoms with Gasteiger partial charge in [0.15, 0.2) is 5.75 Å². The van der Waals surface area contributed by atoms with Crippen molar-refractivity contribution in [3.05, 3.63) is 53.1 Å². The lowest BCUT2D eigenvalue weighted by molar-refractivity contribution is 0.312. The quantitative estimate of drug-likeness (QED) is 0.785. The fourth-order valence-electron chi connectivity index (χ4n) is 3.58. The van der Waals surface area contributed by atoms with Crippen molar-refractivity contribution >= 4 is 17.3 Å². The summed E-state index contributed by atoms with van der Waals surface area (Å²) in [6.07, 6.45) is 1.08. The highest BCUT2D eigenvalue weighted by atomic mass is 35.5. The molecule has 4 heteroatoms. The summed E-state index contributed by atoms with van der Waals surface area (Å²) in [6.45, 7) is 3.19. The van der Waals surface area contributed by atoms with Crippen LogP contribution in [0.1, 0.15) is 24.9 Å². The van der Waals surface area contributed by atoms with Crippen LogP contribution < -0.4 is 15.4 Å². The number of anilines is 1. The van der Waals surface area contributed by atoms with E-state index in [1.54, 1.807) is 0 Å². The molecular formula is C18H19ClN2O. The molecule has 1 unspecified atom stereocenters. The second-order valence-electron chi connectivity index (χ2n) is 6.23. The van der Waals surface area contributed by atoms with Crippen LogP contribution in [0.4, 0.5) is 5.69 Å². The monoisotopic (exact) mass is 314 g/mol. The van der Waals surface area contributed by atoms with Gasteiger partial charge in [0.2, 0.25) is 0 Å². The SMILES string of the molecule is C[C@H]1CCN2c3cc(Cl)ccc3Oc3ccccc3[C@H]2C1N. The minimum Gasteiger partial charge on any atom is -0.455 e. The molecule has 0 spiro atoms. The Hall–Kier alpha value is -1.71. The Morgan fingerprint density at radius 1 is 1.18 bits per heavy atom. The summed E-state index contributed by atoms with van der Waals surface area (Å²) in [5.74, 6) is 2.22. The van der Waals surface area contributed by atoms with Crippen molar-refractivity contribution in [2.24, 2.45) is 11.7 Å². The maximum absolute atomic E-state index is 6.58. The van der Waals surface area contributed by atoms with Gasteiger partial charge in [-0.25, -0.2) is 0 Å². The summed E-state index contributed by atoms with van der Waals surface area (Å²) in [5.41, 5.74) is 8.78. The van der Waals surface area contributed by atoms with Gasteiger partial charge >= 0.3 is 0 Å². The van der Waals surface area contributed by atoms with Crippen molar-refractivity contribution in [2.75, 3.05) is 11.4 Å². The maximum atomic E-state index is 6.58. The Bertz CT molecular complexity index is 718. The van der Waals surface area contributed by atoms with E-state index < -0.39 is 0 Å². The molecule has 1 saturated heterocycles. The highest BCUT2D eigenvalue weighted by Gasteiger charge is 2.39. The fourth-order valence-corrected chi connectivity index (χ4v) is 3.74. The van der Waals surface area contributed by atoms with Gasteiger partial charge in [0.25, 0.3) is 0 Å². The van der Waals surface area contributed by atoms with Gasteiger partial charge in [-0.3, -0.25) is 0 Å². The number of piperidine rings is 1. The molecule has 3 atom stereocenters. The zero-order valence-corrected chi connectivity index (χ0v) is 13.3. The van der Waals surface area contributed by atoms with Crippen LogP contribution >= 0.6 is 11.6 Å². The molecule has 2 heterocycles. The van der Waals surface area contributed by atoms with E-state index in [-0.39, 0.29) is 12.1 Å². The first-order chi connectivity index (χ1) is 10.6. The van der Waals surface area contributed by atoms with E-state index in [1.165, 1.54) is 0 Å². The second kappa shape index (κ2) is 5.18. The van der Waals surface area contributed by atoms with Gasteiger partial charge in [-0.2, -0.15) is 0 Å². The number of ether oxygens (including phenoxy) is 1. The molecule has 0 saturated carbocycles. The van der Waals surface area contributed by atoms with Gasteiger partial charge in [-0.1, -0.05) is 36.7 Å². The molecule has 0 radical (unpaired) electrons. The first-order valence-electron chi connectivity index (χ1n) is 7.73. The summed E-state index contributed by atoms with van der Waals surface area (Å²) in [4.78, 5) is 2.36. The predicted octanol–water partition coefficient (Wildman–Crippen LogP) is 4.36. The van der Waals surface area contributed by atoms with Crippen LogP contribution in [0.2, 0.25) is 5.02 Å². The molecule has 114 valence electrons. The van der Waals surface area contributed by atoms with Crippen LogP contribution in [0.25, 0.3) is 0 Å². The van der Waals surface area contributed by atoms with E-state index in [9.17, 15) is 0 Å². The number of hydrogen-bond donors (Lipinski definition) is 1. The molecule has 22 heavy (non-hydrogen) atoms. The third kappa shape index (κ3) is 2.08. The lowest BCUT2D eigenvalue weighted by atomic mass is 9.83. The van der Waals surface area contributed by atoms with Gasteiger partial charge < -0.3 is 15.4 Å². The Kier molecular flexibility index (Phi) is 3.28. The molecule has 2 aromatic rings. The van der Waals surface area contributed by atoms with Crippen molar-refractivity contribution in [1.29, 1.82) is 0 Å². The van der Waals surface area contributed by atoms with Gasteiger partial charge in [0.05, 0.1) is 11.7 Å². The smallest absolute Gasteiger partial charge is 0.150 e. The zero-order valence-electron chi connectivity index (χ0n) is 12.5.